The number of aliphatic hydroxyl groups is 1. The minimum absolute atomic E-state index is 0.164. The molecule has 0 amide bonds. The van der Waals surface area contributed by atoms with E-state index in [0.717, 1.165) is 22.4 Å². The summed E-state index contributed by atoms with van der Waals surface area (Å²) in [6, 6.07) is 7.39. The molecule has 0 saturated carbocycles. The molecule has 1 aromatic carbocycles. The van der Waals surface area contributed by atoms with Crippen LogP contribution in [0.2, 0.25) is 0 Å². The van der Waals surface area contributed by atoms with Crippen molar-refractivity contribution in [2.24, 2.45) is 7.05 Å². The Bertz CT molecular complexity index is 1310. The van der Waals surface area contributed by atoms with E-state index < -0.39 is 29.9 Å². The van der Waals surface area contributed by atoms with Crippen LogP contribution in [0.5, 0.6) is 5.75 Å². The summed E-state index contributed by atoms with van der Waals surface area (Å²) in [6.07, 6.45) is 0.811. The zero-order valence-electron chi connectivity index (χ0n) is 19.6. The number of anilines is 2. The smallest absolute Gasteiger partial charge is 0.364 e. The summed E-state index contributed by atoms with van der Waals surface area (Å²) in [5, 5.41) is 10.6. The number of hydrogen-bond acceptors (Lipinski definition) is 7. The van der Waals surface area contributed by atoms with Gasteiger partial charge >= 0.3 is 17.6 Å². The van der Waals surface area contributed by atoms with Crippen molar-refractivity contribution in [3.8, 4) is 5.75 Å². The van der Waals surface area contributed by atoms with E-state index in [2.05, 4.69) is 4.98 Å². The first kappa shape index (κ1) is 23.6. The standard InChI is InChI=1S/C23H29N5O6/c1-4-6-11-34-18(30)14-28-21(31)19-20(25(3)23(28)32)24-22-26(12-16(29)13-27(19)22)15-7-9-17(10-8-15)33-5-2/h7-10,16,29H,4-6,11-14H2,1-3H3/p+1/t16-/m0/s1. The molecule has 0 saturated heterocycles. The molecule has 0 spiro atoms. The highest BCUT2D eigenvalue weighted by Gasteiger charge is 2.37. The molecule has 3 heterocycles. The highest BCUT2D eigenvalue weighted by molar-refractivity contribution is 5.72. The number of esters is 1. The lowest BCUT2D eigenvalue weighted by Crippen LogP contribution is -2.55. The Hall–Kier alpha value is -3.60. The number of carbonyl (C=O) groups excluding carboxylic acids is 1. The molecular weight excluding hydrogens is 442 g/mol. The van der Waals surface area contributed by atoms with Crippen molar-refractivity contribution in [2.75, 3.05) is 24.7 Å². The van der Waals surface area contributed by atoms with Crippen LogP contribution in [0.1, 0.15) is 26.7 Å². The third kappa shape index (κ3) is 4.30. The number of H-pyrrole nitrogens is 1. The summed E-state index contributed by atoms with van der Waals surface area (Å²) in [4.78, 5) is 43.5. The first-order valence-electron chi connectivity index (χ1n) is 11.4. The van der Waals surface area contributed by atoms with Gasteiger partial charge in [-0.25, -0.2) is 23.8 Å². The van der Waals surface area contributed by atoms with Crippen LogP contribution >= 0.6 is 0 Å². The molecule has 4 rings (SSSR count). The Morgan fingerprint density at radius 1 is 1.24 bits per heavy atom. The number of hydrogen-bond donors (Lipinski definition) is 2. The fourth-order valence-corrected chi connectivity index (χ4v) is 4.14. The molecule has 1 aliphatic heterocycles. The molecule has 0 radical (unpaired) electrons. The molecule has 2 aromatic heterocycles. The van der Waals surface area contributed by atoms with E-state index >= 15 is 0 Å². The summed E-state index contributed by atoms with van der Waals surface area (Å²) in [6.45, 7) is 4.66. The average Bonchev–Trinajstić information content (AvgIpc) is 3.20. The number of rotatable bonds is 8. The van der Waals surface area contributed by atoms with Crippen molar-refractivity contribution in [3.05, 3.63) is 45.1 Å². The largest absolute Gasteiger partial charge is 0.494 e. The predicted octanol–water partition coefficient (Wildman–Crippen LogP) is 0.570. The maximum Gasteiger partial charge on any atom is 0.364 e. The molecular formula is C23H30N5O6+. The van der Waals surface area contributed by atoms with E-state index in [9.17, 15) is 19.5 Å². The molecule has 0 unspecified atom stereocenters. The van der Waals surface area contributed by atoms with E-state index in [1.807, 2.05) is 43.0 Å². The fourth-order valence-electron chi connectivity index (χ4n) is 4.14. The van der Waals surface area contributed by atoms with Gasteiger partial charge < -0.3 is 14.6 Å². The van der Waals surface area contributed by atoms with Gasteiger partial charge in [0, 0.05) is 7.05 Å². The van der Waals surface area contributed by atoms with Crippen LogP contribution in [-0.4, -0.2) is 51.1 Å². The van der Waals surface area contributed by atoms with Crippen molar-refractivity contribution in [1.29, 1.82) is 0 Å². The predicted molar refractivity (Wildman–Crippen MR) is 124 cm³/mol. The first-order chi connectivity index (χ1) is 16.3. The Morgan fingerprint density at radius 3 is 2.65 bits per heavy atom. The molecule has 1 atom stereocenters. The summed E-state index contributed by atoms with van der Waals surface area (Å²) in [7, 11) is 1.53. The van der Waals surface area contributed by atoms with E-state index in [1.165, 1.54) is 11.6 Å². The van der Waals surface area contributed by atoms with Gasteiger partial charge in [0.25, 0.3) is 5.56 Å². The number of ether oxygens (including phenoxy) is 2. The normalized spacial score (nSPS) is 15.4. The minimum Gasteiger partial charge on any atom is -0.494 e. The Kier molecular flexibility index (Phi) is 6.73. The summed E-state index contributed by atoms with van der Waals surface area (Å²) in [5.41, 5.74) is 0.0530. The molecule has 0 fully saturated rings. The number of carbonyl (C=O) groups is 1. The quantitative estimate of drug-likeness (QED) is 0.279. The number of fused-ring (bicyclic) bond motifs is 3. The maximum absolute atomic E-state index is 13.4. The van der Waals surface area contributed by atoms with Gasteiger partial charge in [0.15, 0.2) is 0 Å². The molecule has 11 heteroatoms. The molecule has 3 aromatic rings. The van der Waals surface area contributed by atoms with Crippen LogP contribution < -0.4 is 25.5 Å². The van der Waals surface area contributed by atoms with Gasteiger partial charge in [0.05, 0.1) is 13.2 Å². The van der Waals surface area contributed by atoms with E-state index in [0.29, 0.717) is 31.2 Å². The van der Waals surface area contributed by atoms with Crippen LogP contribution in [0.3, 0.4) is 0 Å². The van der Waals surface area contributed by atoms with Gasteiger partial charge in [-0.3, -0.25) is 14.2 Å². The Balaban J connectivity index is 1.78. The molecule has 0 bridgehead atoms. The lowest BCUT2D eigenvalue weighted by Gasteiger charge is -2.25. The topological polar surface area (TPSA) is 123 Å². The third-order valence-electron chi connectivity index (χ3n) is 5.83. The third-order valence-corrected chi connectivity index (χ3v) is 5.83. The number of aryl methyl sites for hydroxylation is 1. The van der Waals surface area contributed by atoms with Crippen molar-refractivity contribution in [3.63, 3.8) is 0 Å². The second-order valence-corrected chi connectivity index (χ2v) is 8.25. The summed E-state index contributed by atoms with van der Waals surface area (Å²) < 4.78 is 14.5. The second kappa shape index (κ2) is 9.72. The van der Waals surface area contributed by atoms with Gasteiger partial charge in [-0.2, -0.15) is 0 Å². The average molecular weight is 473 g/mol. The molecule has 0 aliphatic carbocycles. The number of aromatic amines is 1. The van der Waals surface area contributed by atoms with Crippen molar-refractivity contribution in [2.45, 2.75) is 45.9 Å². The summed E-state index contributed by atoms with van der Waals surface area (Å²) >= 11 is 0. The molecule has 11 nitrogen and oxygen atoms in total. The van der Waals surface area contributed by atoms with Crippen LogP contribution in [0.15, 0.2) is 33.9 Å². The zero-order valence-corrected chi connectivity index (χ0v) is 19.6. The van der Waals surface area contributed by atoms with Crippen molar-refractivity contribution >= 4 is 28.8 Å². The number of unbranched alkanes of at least 4 members (excludes halogenated alkanes) is 1. The lowest BCUT2D eigenvalue weighted by atomic mass is 10.2. The van der Waals surface area contributed by atoms with Crippen LogP contribution in [-0.2, 0) is 29.7 Å². The van der Waals surface area contributed by atoms with E-state index in [1.54, 1.807) is 4.57 Å². The summed E-state index contributed by atoms with van der Waals surface area (Å²) in [5.74, 6) is 0.640. The number of aliphatic hydroxyl groups excluding tert-OH is 1. The van der Waals surface area contributed by atoms with Crippen LogP contribution in [0.4, 0.5) is 11.6 Å². The van der Waals surface area contributed by atoms with E-state index in [-0.39, 0.29) is 18.7 Å². The van der Waals surface area contributed by atoms with Gasteiger partial charge in [-0.1, -0.05) is 13.3 Å². The fraction of sp³-hybridized carbons (Fsp3) is 0.478. The molecule has 34 heavy (non-hydrogen) atoms. The number of β-amino-alcohol motifs (C(OH)–C–C–N with tert-alkyl or cyclic N) is 1. The Morgan fingerprint density at radius 2 is 1.97 bits per heavy atom. The maximum atomic E-state index is 13.4. The number of nitrogens with one attached hydrogen (secondary N) is 1. The molecule has 2 N–H and O–H groups in total. The van der Waals surface area contributed by atoms with Gasteiger partial charge in [-0.05, 0) is 37.6 Å². The van der Waals surface area contributed by atoms with Crippen LogP contribution in [0, 0.1) is 0 Å². The molecule has 182 valence electrons. The number of nitrogens with zero attached hydrogens (tertiary/aromatic N) is 4. The van der Waals surface area contributed by atoms with Gasteiger partial charge in [0.1, 0.15) is 37.2 Å². The van der Waals surface area contributed by atoms with Crippen LogP contribution in [0.25, 0.3) is 11.2 Å². The highest BCUT2D eigenvalue weighted by Crippen LogP contribution is 2.28. The van der Waals surface area contributed by atoms with E-state index in [4.69, 9.17) is 9.47 Å². The highest BCUT2D eigenvalue weighted by atomic mass is 16.5. The SMILES string of the molecule is CCCCOC(=O)Cn1c(=O)c2c([nH]c3[n+]2C[C@@H](O)CN3c2ccc(OCC)cc2)n(C)c1=O. The first-order valence-corrected chi connectivity index (χ1v) is 11.4. The Labute approximate surface area is 195 Å². The lowest BCUT2D eigenvalue weighted by molar-refractivity contribution is -0.670. The van der Waals surface area contributed by atoms with Gasteiger partial charge in [0.2, 0.25) is 11.2 Å². The van der Waals surface area contributed by atoms with Gasteiger partial charge in [-0.15, -0.1) is 0 Å². The minimum atomic E-state index is -0.757. The van der Waals surface area contributed by atoms with Crippen molar-refractivity contribution in [1.82, 2.24) is 14.1 Å². The second-order valence-electron chi connectivity index (χ2n) is 8.25. The number of imidazole rings is 1. The number of benzene rings is 1. The molecule has 1 aliphatic rings. The van der Waals surface area contributed by atoms with Crippen molar-refractivity contribution < 1.29 is 23.9 Å². The zero-order chi connectivity index (χ0) is 24.4. The monoisotopic (exact) mass is 472 g/mol. The number of aromatic nitrogens is 4.